The van der Waals surface area contributed by atoms with Crippen molar-refractivity contribution in [3.8, 4) is 12.3 Å². The summed E-state index contributed by atoms with van der Waals surface area (Å²) in [6.07, 6.45) is 7.02. The molecule has 1 heterocycles. The Morgan fingerprint density at radius 3 is 2.93 bits per heavy atom. The van der Waals surface area contributed by atoms with E-state index in [-0.39, 0.29) is 0 Å². The highest BCUT2D eigenvalue weighted by Gasteiger charge is 2.04. The molecule has 0 aliphatic heterocycles. The second-order valence-electron chi connectivity index (χ2n) is 2.94. The predicted molar refractivity (Wildman–Crippen MR) is 61.3 cm³/mol. The van der Waals surface area contributed by atoms with Gasteiger partial charge in [0.1, 0.15) is 5.69 Å². The first-order valence-electron chi connectivity index (χ1n) is 4.06. The van der Waals surface area contributed by atoms with Crippen LogP contribution in [0.3, 0.4) is 0 Å². The monoisotopic (exact) mass is 200 g/mol. The zero-order chi connectivity index (χ0) is 10.1. The van der Waals surface area contributed by atoms with Gasteiger partial charge in [-0.2, -0.15) is 0 Å². The van der Waals surface area contributed by atoms with Crippen LogP contribution in [0, 0.1) is 12.3 Å². The maximum absolute atomic E-state index is 5.70. The lowest BCUT2D eigenvalue weighted by Crippen LogP contribution is -1.90. The number of hydrogen-bond acceptors (Lipinski definition) is 3. The summed E-state index contributed by atoms with van der Waals surface area (Å²) in [5.41, 5.74) is 6.98. The third kappa shape index (κ3) is 1.30. The van der Waals surface area contributed by atoms with Crippen LogP contribution in [0.15, 0.2) is 29.3 Å². The summed E-state index contributed by atoms with van der Waals surface area (Å²) >= 11 is 4.33. The summed E-state index contributed by atoms with van der Waals surface area (Å²) in [6, 6.07) is 5.50. The van der Waals surface area contributed by atoms with Gasteiger partial charge in [-0.3, -0.25) is 0 Å². The minimum absolute atomic E-state index is 0.604. The largest absolute Gasteiger partial charge is 0.399 e. The van der Waals surface area contributed by atoms with Crippen LogP contribution in [-0.2, 0) is 0 Å². The van der Waals surface area contributed by atoms with Crippen LogP contribution in [0.4, 0.5) is 5.69 Å². The Hall–Kier alpha value is -1.66. The van der Waals surface area contributed by atoms with Gasteiger partial charge in [0, 0.05) is 22.2 Å². The van der Waals surface area contributed by atoms with Gasteiger partial charge in [0.25, 0.3) is 0 Å². The Morgan fingerprint density at radius 1 is 1.43 bits per heavy atom. The number of thiol groups is 1. The molecule has 1 aromatic carbocycles. The van der Waals surface area contributed by atoms with Gasteiger partial charge in [0.05, 0.1) is 0 Å². The third-order valence-electron chi connectivity index (χ3n) is 2.00. The summed E-state index contributed by atoms with van der Waals surface area (Å²) in [5, 5.41) is 1.85. The normalized spacial score (nSPS) is 10.0. The number of rotatable bonds is 0. The fourth-order valence-electron chi connectivity index (χ4n) is 1.43. The van der Waals surface area contributed by atoms with E-state index in [1.807, 2.05) is 12.1 Å². The van der Waals surface area contributed by atoms with Crippen LogP contribution in [0.2, 0.25) is 0 Å². The highest BCUT2D eigenvalue weighted by Crippen LogP contribution is 2.26. The maximum Gasteiger partial charge on any atom is 0.121 e. The Labute approximate surface area is 87.6 Å². The highest BCUT2D eigenvalue weighted by molar-refractivity contribution is 7.80. The van der Waals surface area contributed by atoms with Gasteiger partial charge in [0.2, 0.25) is 0 Å². The van der Waals surface area contributed by atoms with Crippen LogP contribution < -0.4 is 5.73 Å². The Balaban J connectivity index is 2.96. The summed E-state index contributed by atoms with van der Waals surface area (Å²) < 4.78 is 0. The van der Waals surface area contributed by atoms with Crippen LogP contribution in [0.5, 0.6) is 0 Å². The Bertz CT molecular complexity index is 541. The predicted octanol–water partition coefficient (Wildman–Crippen LogP) is 2.09. The number of nitrogens with zero attached hydrogens (tertiary/aromatic N) is 1. The molecule has 0 fully saturated rings. The number of nitrogens with two attached hydrogens (primary N) is 1. The van der Waals surface area contributed by atoms with E-state index in [0.29, 0.717) is 11.4 Å². The lowest BCUT2D eigenvalue weighted by atomic mass is 10.1. The number of aromatic nitrogens is 1. The van der Waals surface area contributed by atoms with E-state index in [9.17, 15) is 0 Å². The van der Waals surface area contributed by atoms with E-state index in [1.165, 1.54) is 0 Å². The number of fused-ring (bicyclic) bond motifs is 1. The van der Waals surface area contributed by atoms with Gasteiger partial charge in [0.15, 0.2) is 0 Å². The van der Waals surface area contributed by atoms with Crippen molar-refractivity contribution in [2.75, 3.05) is 5.73 Å². The summed E-state index contributed by atoms with van der Waals surface area (Å²) in [6.45, 7) is 0. The molecule has 68 valence electrons. The summed E-state index contributed by atoms with van der Waals surface area (Å²) in [4.78, 5) is 4.85. The lowest BCUT2D eigenvalue weighted by Gasteiger charge is -2.04. The SMILES string of the molecule is C#Cc1nccc2cc(N)cc(S)c12. The Morgan fingerprint density at radius 2 is 2.21 bits per heavy atom. The molecule has 0 aliphatic carbocycles. The molecule has 0 atom stereocenters. The number of hydrogen-bond donors (Lipinski definition) is 2. The molecule has 2 rings (SSSR count). The number of benzene rings is 1. The Kier molecular flexibility index (Phi) is 2.06. The van der Waals surface area contributed by atoms with Gasteiger partial charge in [-0.05, 0) is 29.5 Å². The average Bonchev–Trinajstić information content (AvgIpc) is 2.16. The summed E-state index contributed by atoms with van der Waals surface area (Å²) in [5.74, 6) is 2.53. The minimum atomic E-state index is 0.604. The molecule has 2 N–H and O–H groups in total. The van der Waals surface area contributed by atoms with E-state index >= 15 is 0 Å². The first kappa shape index (κ1) is 8.92. The van der Waals surface area contributed by atoms with Crippen molar-refractivity contribution in [2.24, 2.45) is 0 Å². The molecular formula is C11H8N2S. The van der Waals surface area contributed by atoms with Crippen molar-refractivity contribution < 1.29 is 0 Å². The van der Waals surface area contributed by atoms with Crippen molar-refractivity contribution in [2.45, 2.75) is 4.90 Å². The van der Waals surface area contributed by atoms with Gasteiger partial charge in [-0.15, -0.1) is 19.1 Å². The fourth-order valence-corrected chi connectivity index (χ4v) is 1.81. The van der Waals surface area contributed by atoms with Gasteiger partial charge >= 0.3 is 0 Å². The van der Waals surface area contributed by atoms with Crippen molar-refractivity contribution in [3.63, 3.8) is 0 Å². The van der Waals surface area contributed by atoms with Crippen LogP contribution in [-0.4, -0.2) is 4.98 Å². The van der Waals surface area contributed by atoms with Crippen molar-refractivity contribution in [1.82, 2.24) is 4.98 Å². The second kappa shape index (κ2) is 3.24. The molecule has 2 aromatic rings. The van der Waals surface area contributed by atoms with E-state index in [1.54, 1.807) is 12.3 Å². The van der Waals surface area contributed by atoms with E-state index in [4.69, 9.17) is 12.2 Å². The first-order chi connectivity index (χ1) is 6.72. The van der Waals surface area contributed by atoms with Crippen molar-refractivity contribution >= 4 is 29.1 Å². The smallest absolute Gasteiger partial charge is 0.121 e. The molecule has 0 saturated heterocycles. The highest BCUT2D eigenvalue weighted by atomic mass is 32.1. The van der Waals surface area contributed by atoms with E-state index in [0.717, 1.165) is 15.7 Å². The molecule has 2 nitrogen and oxygen atoms in total. The van der Waals surface area contributed by atoms with Crippen molar-refractivity contribution in [1.29, 1.82) is 0 Å². The zero-order valence-electron chi connectivity index (χ0n) is 7.36. The molecule has 1 aromatic heterocycles. The van der Waals surface area contributed by atoms with Crippen molar-refractivity contribution in [3.05, 3.63) is 30.1 Å². The van der Waals surface area contributed by atoms with Gasteiger partial charge in [-0.25, -0.2) is 4.98 Å². The molecular weight excluding hydrogens is 192 g/mol. The van der Waals surface area contributed by atoms with Crippen LogP contribution >= 0.6 is 12.6 Å². The average molecular weight is 200 g/mol. The molecule has 0 spiro atoms. The van der Waals surface area contributed by atoms with Crippen LogP contribution in [0.1, 0.15) is 5.69 Å². The molecule has 14 heavy (non-hydrogen) atoms. The first-order valence-corrected chi connectivity index (χ1v) is 4.51. The molecule has 0 unspecified atom stereocenters. The molecule has 0 radical (unpaired) electrons. The van der Waals surface area contributed by atoms with Crippen LogP contribution in [0.25, 0.3) is 10.8 Å². The number of anilines is 1. The molecule has 0 bridgehead atoms. The standard InChI is InChI=1S/C11H8N2S/c1-2-9-11-7(3-4-13-9)5-8(12)6-10(11)14/h1,3-6,14H,12H2. The number of nitrogen functional groups attached to an aromatic ring is 1. The number of terminal acetylenes is 1. The van der Waals surface area contributed by atoms with E-state index < -0.39 is 0 Å². The number of pyridine rings is 1. The fraction of sp³-hybridized carbons (Fsp3) is 0. The second-order valence-corrected chi connectivity index (χ2v) is 3.42. The molecule has 3 heteroatoms. The zero-order valence-corrected chi connectivity index (χ0v) is 8.25. The summed E-state index contributed by atoms with van der Waals surface area (Å²) in [7, 11) is 0. The lowest BCUT2D eigenvalue weighted by molar-refractivity contribution is 1.31. The quantitative estimate of drug-likeness (QED) is 0.388. The topological polar surface area (TPSA) is 38.9 Å². The minimum Gasteiger partial charge on any atom is -0.399 e. The van der Waals surface area contributed by atoms with Gasteiger partial charge < -0.3 is 5.73 Å². The molecule has 0 amide bonds. The van der Waals surface area contributed by atoms with Gasteiger partial charge in [-0.1, -0.05) is 0 Å². The third-order valence-corrected chi connectivity index (χ3v) is 2.35. The molecule has 0 aliphatic rings. The van der Waals surface area contributed by atoms with E-state index in [2.05, 4.69) is 23.5 Å². The molecule has 0 saturated carbocycles. The maximum atomic E-state index is 5.70.